The molecular weight excluding hydrogens is 347 g/mol. The van der Waals surface area contributed by atoms with Crippen LogP contribution in [-0.4, -0.2) is 25.3 Å². The zero-order chi connectivity index (χ0) is 19.3. The van der Waals surface area contributed by atoms with Crippen molar-refractivity contribution in [3.63, 3.8) is 0 Å². The van der Waals surface area contributed by atoms with Crippen molar-refractivity contribution in [3.05, 3.63) is 59.2 Å². The average molecular weight is 367 g/mol. The van der Waals surface area contributed by atoms with Gasteiger partial charge in [-0.1, -0.05) is 23.8 Å². The first-order valence-corrected chi connectivity index (χ1v) is 7.91. The summed E-state index contributed by atoms with van der Waals surface area (Å²) in [6.45, 7) is 3.44. The minimum Gasteiger partial charge on any atom is -0.497 e. The molecular formula is C19H20F3NO3. The van der Waals surface area contributed by atoms with Crippen LogP contribution in [0.2, 0.25) is 0 Å². The molecule has 0 aliphatic heterocycles. The van der Waals surface area contributed by atoms with E-state index in [2.05, 4.69) is 5.32 Å². The van der Waals surface area contributed by atoms with E-state index in [1.807, 2.05) is 19.1 Å². The van der Waals surface area contributed by atoms with Crippen LogP contribution in [0.5, 0.6) is 5.75 Å². The molecule has 0 spiro atoms. The van der Waals surface area contributed by atoms with Gasteiger partial charge in [-0.25, -0.2) is 4.79 Å². The third-order valence-corrected chi connectivity index (χ3v) is 3.84. The third kappa shape index (κ3) is 5.15. The molecule has 1 N–H and O–H groups in total. The minimum absolute atomic E-state index is 0.136. The molecule has 0 radical (unpaired) electrons. The van der Waals surface area contributed by atoms with E-state index in [1.165, 1.54) is 31.4 Å². The lowest BCUT2D eigenvalue weighted by Crippen LogP contribution is -2.44. The van der Waals surface area contributed by atoms with Crippen molar-refractivity contribution < 1.29 is 27.4 Å². The number of esters is 1. The number of carbonyl (C=O) groups excluding carboxylic acids is 1. The van der Waals surface area contributed by atoms with Gasteiger partial charge >= 0.3 is 12.1 Å². The first-order chi connectivity index (χ1) is 12.2. The molecule has 0 bridgehead atoms. The Morgan fingerprint density at radius 1 is 1.12 bits per heavy atom. The fraction of sp³-hybridized carbons (Fsp3) is 0.316. The Morgan fingerprint density at radius 3 is 2.35 bits per heavy atom. The van der Waals surface area contributed by atoms with Crippen LogP contribution in [0.1, 0.15) is 16.7 Å². The molecule has 0 amide bonds. The lowest BCUT2D eigenvalue weighted by Gasteiger charge is -2.21. The van der Waals surface area contributed by atoms with Crippen LogP contribution in [0.3, 0.4) is 0 Å². The molecule has 2 rings (SSSR count). The van der Waals surface area contributed by atoms with E-state index < -0.39 is 18.2 Å². The standard InChI is InChI=1S/C19H20F3NO3/c1-12-4-5-13(2)14(10-12)11-26-18(24)17(19(20,21)22)23-15-6-8-16(25-3)9-7-15/h4-10,17,23H,11H2,1-3H3/t17-/m1/s1. The normalized spacial score (nSPS) is 12.4. The number of hydrogen-bond donors (Lipinski definition) is 1. The molecule has 7 heteroatoms. The van der Waals surface area contributed by atoms with Crippen LogP contribution in [0.15, 0.2) is 42.5 Å². The smallest absolute Gasteiger partial charge is 0.419 e. The van der Waals surface area contributed by atoms with Gasteiger partial charge < -0.3 is 14.8 Å². The van der Waals surface area contributed by atoms with Crippen LogP contribution in [-0.2, 0) is 16.1 Å². The van der Waals surface area contributed by atoms with Crippen molar-refractivity contribution in [2.24, 2.45) is 0 Å². The molecule has 0 saturated carbocycles. The maximum absolute atomic E-state index is 13.3. The van der Waals surface area contributed by atoms with E-state index in [9.17, 15) is 18.0 Å². The summed E-state index contributed by atoms with van der Waals surface area (Å²) in [5.41, 5.74) is 2.58. The third-order valence-electron chi connectivity index (χ3n) is 3.84. The fourth-order valence-corrected chi connectivity index (χ4v) is 2.32. The number of ether oxygens (including phenoxy) is 2. The van der Waals surface area contributed by atoms with Crippen LogP contribution in [0.25, 0.3) is 0 Å². The second-order valence-corrected chi connectivity index (χ2v) is 5.89. The number of nitrogens with one attached hydrogen (secondary N) is 1. The fourth-order valence-electron chi connectivity index (χ4n) is 2.32. The van der Waals surface area contributed by atoms with Crippen molar-refractivity contribution in [3.8, 4) is 5.75 Å². The van der Waals surface area contributed by atoms with Crippen LogP contribution >= 0.6 is 0 Å². The summed E-state index contributed by atoms with van der Waals surface area (Å²) < 4.78 is 49.7. The molecule has 0 aliphatic carbocycles. The maximum Gasteiger partial charge on any atom is 0.419 e. The average Bonchev–Trinajstić information content (AvgIpc) is 2.59. The summed E-state index contributed by atoms with van der Waals surface area (Å²) >= 11 is 0. The Morgan fingerprint density at radius 2 is 1.77 bits per heavy atom. The van der Waals surface area contributed by atoms with Crippen LogP contribution in [0.4, 0.5) is 18.9 Å². The summed E-state index contributed by atoms with van der Waals surface area (Å²) in [6.07, 6.45) is -4.79. The Balaban J connectivity index is 2.10. The van der Waals surface area contributed by atoms with E-state index in [-0.39, 0.29) is 12.3 Å². The molecule has 4 nitrogen and oxygen atoms in total. The van der Waals surface area contributed by atoms with Crippen molar-refractivity contribution in [1.29, 1.82) is 0 Å². The van der Waals surface area contributed by atoms with Gasteiger partial charge in [-0.05, 0) is 49.2 Å². The molecule has 1 atom stereocenters. The number of alkyl halides is 3. The van der Waals surface area contributed by atoms with E-state index in [1.54, 1.807) is 13.0 Å². The highest BCUT2D eigenvalue weighted by molar-refractivity contribution is 5.80. The first kappa shape index (κ1) is 19.6. The Bertz CT molecular complexity index is 758. The molecule has 0 unspecified atom stereocenters. The van der Waals surface area contributed by atoms with Crippen molar-refractivity contribution >= 4 is 11.7 Å². The van der Waals surface area contributed by atoms with Gasteiger partial charge in [-0.15, -0.1) is 0 Å². The Kier molecular flexibility index (Phi) is 6.13. The highest BCUT2D eigenvalue weighted by Gasteiger charge is 2.46. The minimum atomic E-state index is -4.79. The number of benzene rings is 2. The van der Waals surface area contributed by atoms with Crippen LogP contribution < -0.4 is 10.1 Å². The van der Waals surface area contributed by atoms with Gasteiger partial charge in [0.05, 0.1) is 7.11 Å². The highest BCUT2D eigenvalue weighted by Crippen LogP contribution is 2.26. The van der Waals surface area contributed by atoms with E-state index >= 15 is 0 Å². The van der Waals surface area contributed by atoms with E-state index in [0.717, 1.165) is 11.1 Å². The molecule has 0 fully saturated rings. The van der Waals surface area contributed by atoms with E-state index in [4.69, 9.17) is 9.47 Å². The molecule has 2 aromatic carbocycles. The second kappa shape index (κ2) is 8.12. The number of halogens is 3. The van der Waals surface area contributed by atoms with Gasteiger partial charge in [0.25, 0.3) is 0 Å². The highest BCUT2D eigenvalue weighted by atomic mass is 19.4. The quantitative estimate of drug-likeness (QED) is 0.769. The Hall–Kier alpha value is -2.70. The topological polar surface area (TPSA) is 47.6 Å². The van der Waals surface area contributed by atoms with Crippen molar-refractivity contribution in [1.82, 2.24) is 0 Å². The molecule has 2 aromatic rings. The number of carbonyl (C=O) groups is 1. The predicted octanol–water partition coefficient (Wildman–Crippen LogP) is 4.40. The molecule has 26 heavy (non-hydrogen) atoms. The zero-order valence-electron chi connectivity index (χ0n) is 14.7. The summed E-state index contributed by atoms with van der Waals surface area (Å²) in [6, 6.07) is 8.82. The van der Waals surface area contributed by atoms with Gasteiger partial charge in [0, 0.05) is 5.69 Å². The number of aryl methyl sites for hydroxylation is 2. The molecule has 0 aliphatic rings. The monoisotopic (exact) mass is 367 g/mol. The van der Waals surface area contributed by atoms with Gasteiger partial charge in [0.1, 0.15) is 12.4 Å². The molecule has 0 saturated heterocycles. The lowest BCUT2D eigenvalue weighted by molar-refractivity contribution is -0.177. The van der Waals surface area contributed by atoms with Gasteiger partial charge in [-0.2, -0.15) is 13.2 Å². The zero-order valence-corrected chi connectivity index (χ0v) is 14.7. The SMILES string of the molecule is COc1ccc(N[C@H](C(=O)OCc2cc(C)ccc2C)C(F)(F)F)cc1. The summed E-state index contributed by atoms with van der Waals surface area (Å²) in [5, 5.41) is 2.18. The number of anilines is 1. The van der Waals surface area contributed by atoms with Gasteiger partial charge in [0.2, 0.25) is 6.04 Å². The summed E-state index contributed by atoms with van der Waals surface area (Å²) in [7, 11) is 1.45. The van der Waals surface area contributed by atoms with Crippen molar-refractivity contribution in [2.75, 3.05) is 12.4 Å². The predicted molar refractivity (Wildman–Crippen MR) is 92.2 cm³/mol. The number of methoxy groups -OCH3 is 1. The van der Waals surface area contributed by atoms with E-state index in [0.29, 0.717) is 11.3 Å². The summed E-state index contributed by atoms with van der Waals surface area (Å²) in [5.74, 6) is -0.883. The van der Waals surface area contributed by atoms with Gasteiger partial charge in [0.15, 0.2) is 0 Å². The van der Waals surface area contributed by atoms with Gasteiger partial charge in [-0.3, -0.25) is 0 Å². The molecule has 140 valence electrons. The maximum atomic E-state index is 13.3. The first-order valence-electron chi connectivity index (χ1n) is 7.91. The number of hydrogen-bond acceptors (Lipinski definition) is 4. The second-order valence-electron chi connectivity index (χ2n) is 5.89. The Labute approximate surface area is 149 Å². The lowest BCUT2D eigenvalue weighted by atomic mass is 10.1. The largest absolute Gasteiger partial charge is 0.497 e. The molecule has 0 aromatic heterocycles. The molecule has 0 heterocycles. The number of rotatable bonds is 6. The van der Waals surface area contributed by atoms with Crippen LogP contribution in [0, 0.1) is 13.8 Å². The summed E-state index contributed by atoms with van der Waals surface area (Å²) in [4.78, 5) is 12.1. The van der Waals surface area contributed by atoms with Crippen molar-refractivity contribution in [2.45, 2.75) is 32.7 Å².